The third-order valence-electron chi connectivity index (χ3n) is 14.4. The maximum absolute atomic E-state index is 13.3. The maximum Gasteiger partial charge on any atom is 0.262 e. The fourth-order valence-corrected chi connectivity index (χ4v) is 11.1. The fraction of sp³-hybridized carbons (Fsp3) is 0.426. The predicted molar refractivity (Wildman–Crippen MR) is 231 cm³/mol. The van der Waals surface area contributed by atoms with Gasteiger partial charge < -0.3 is 25.2 Å². The van der Waals surface area contributed by atoms with Crippen LogP contribution in [0.2, 0.25) is 0 Å². The lowest BCUT2D eigenvalue weighted by molar-refractivity contribution is -0.136. The predicted octanol–water partition coefficient (Wildman–Crippen LogP) is 5.29. The SMILES string of the molecule is Nc1ncnc2c1c(-c1ccc(Oc3ccccc3)cc1)nn2C1CCN(C2CCC3(CC2)CN(CC2CN(c4ccc5c(c4)C(=O)N([C@H]4CCC(=O)NC4=O)C5=O)C2)C3)CC1. The van der Waals surface area contributed by atoms with Gasteiger partial charge in [0.05, 0.1) is 22.6 Å². The molecule has 4 saturated heterocycles. The Morgan fingerprint density at radius 1 is 0.790 bits per heavy atom. The van der Waals surface area contributed by atoms with Crippen LogP contribution < -0.4 is 20.7 Å². The molecule has 0 radical (unpaired) electrons. The Morgan fingerprint density at radius 2 is 1.52 bits per heavy atom. The minimum atomic E-state index is -0.955. The summed E-state index contributed by atoms with van der Waals surface area (Å²) in [6.07, 6.45) is 8.88. The normalized spacial score (nSPS) is 22.5. The molecule has 5 aromatic rings. The summed E-state index contributed by atoms with van der Waals surface area (Å²) in [7, 11) is 0. The number of carbonyl (C=O) groups is 4. The van der Waals surface area contributed by atoms with Crippen LogP contribution in [0.15, 0.2) is 79.1 Å². The standard InChI is InChI=1S/C47H50N10O5/c48-42-40-41(30-6-9-35(10-7-30)62-34-4-2-1-3-5-34)52-57(43(40)50-28-49-42)32-16-20-54(21-17-32)31-14-18-47(19-15-31)26-53(27-47)23-29-24-55(25-29)33-8-11-36-37(22-33)46(61)56(45(36)60)38-12-13-39(58)51-44(38)59/h1-11,22,28-29,31-32,38H,12-21,23-27H2,(H2,48,49,50)(H,51,58,59)/t38-/m0/s1. The smallest absolute Gasteiger partial charge is 0.262 e. The number of nitrogens with two attached hydrogens (primary N) is 1. The summed E-state index contributed by atoms with van der Waals surface area (Å²) in [4.78, 5) is 68.2. The van der Waals surface area contributed by atoms with E-state index in [0.29, 0.717) is 34.3 Å². The number of ether oxygens (including phenoxy) is 1. The second-order valence-corrected chi connectivity index (χ2v) is 18.3. The maximum atomic E-state index is 13.3. The van der Waals surface area contributed by atoms with Gasteiger partial charge in [0.2, 0.25) is 11.8 Å². The molecule has 1 saturated carbocycles. The van der Waals surface area contributed by atoms with Crippen LogP contribution in [0, 0.1) is 11.3 Å². The number of nitrogen functional groups attached to an aromatic ring is 1. The lowest BCUT2D eigenvalue weighted by Crippen LogP contribution is -2.62. The molecule has 11 rings (SSSR count). The van der Waals surface area contributed by atoms with Gasteiger partial charge in [-0.2, -0.15) is 5.10 Å². The van der Waals surface area contributed by atoms with Crippen molar-refractivity contribution in [2.75, 3.05) is 56.4 Å². The van der Waals surface area contributed by atoms with Crippen LogP contribution in [-0.4, -0.2) is 116 Å². The number of fused-ring (bicyclic) bond motifs is 2. The number of hydrogen-bond donors (Lipinski definition) is 2. The fourth-order valence-electron chi connectivity index (χ4n) is 11.1. The van der Waals surface area contributed by atoms with E-state index in [4.69, 9.17) is 15.6 Å². The van der Waals surface area contributed by atoms with Gasteiger partial charge in [0.15, 0.2) is 5.65 Å². The Balaban J connectivity index is 0.649. The zero-order valence-corrected chi connectivity index (χ0v) is 34.6. The van der Waals surface area contributed by atoms with Crippen molar-refractivity contribution in [1.82, 2.24) is 39.8 Å². The summed E-state index contributed by atoms with van der Waals surface area (Å²) < 4.78 is 8.12. The average Bonchev–Trinajstić information content (AvgIpc) is 3.77. The van der Waals surface area contributed by atoms with Gasteiger partial charge in [0.25, 0.3) is 11.8 Å². The molecule has 7 heterocycles. The molecule has 15 nitrogen and oxygen atoms in total. The van der Waals surface area contributed by atoms with Crippen LogP contribution in [0.3, 0.4) is 0 Å². The van der Waals surface area contributed by atoms with E-state index in [9.17, 15) is 19.2 Å². The highest BCUT2D eigenvalue weighted by Crippen LogP contribution is 2.46. The van der Waals surface area contributed by atoms with Crippen molar-refractivity contribution >= 4 is 46.2 Å². The van der Waals surface area contributed by atoms with Crippen LogP contribution in [0.25, 0.3) is 22.3 Å². The molecule has 5 fully saturated rings. The van der Waals surface area contributed by atoms with Crippen LogP contribution in [-0.2, 0) is 9.59 Å². The lowest BCUT2D eigenvalue weighted by Gasteiger charge is -2.56. The second kappa shape index (κ2) is 15.3. The molecule has 5 aliphatic heterocycles. The highest BCUT2D eigenvalue weighted by atomic mass is 16.5. The van der Waals surface area contributed by atoms with Gasteiger partial charge in [-0.1, -0.05) is 18.2 Å². The minimum absolute atomic E-state index is 0.106. The molecule has 2 aromatic heterocycles. The van der Waals surface area contributed by atoms with Gasteiger partial charge in [-0.05, 0) is 105 Å². The van der Waals surface area contributed by atoms with E-state index >= 15 is 0 Å². The summed E-state index contributed by atoms with van der Waals surface area (Å²) in [6.45, 7) is 7.33. The Morgan fingerprint density at radius 3 is 2.26 bits per heavy atom. The van der Waals surface area contributed by atoms with Gasteiger partial charge in [-0.15, -0.1) is 0 Å². The van der Waals surface area contributed by atoms with E-state index in [-0.39, 0.29) is 24.8 Å². The highest BCUT2D eigenvalue weighted by molar-refractivity contribution is 6.23. The van der Waals surface area contributed by atoms with E-state index in [2.05, 4.69) is 34.7 Å². The molecular weight excluding hydrogens is 785 g/mol. The summed E-state index contributed by atoms with van der Waals surface area (Å²) >= 11 is 0. The first-order chi connectivity index (χ1) is 30.2. The third-order valence-corrected chi connectivity index (χ3v) is 14.4. The van der Waals surface area contributed by atoms with Crippen molar-refractivity contribution < 1.29 is 23.9 Å². The topological polar surface area (TPSA) is 172 Å². The number of imide groups is 2. The number of piperidine rings is 2. The first kappa shape index (κ1) is 38.7. The zero-order chi connectivity index (χ0) is 42.1. The third kappa shape index (κ3) is 6.87. The second-order valence-electron chi connectivity index (χ2n) is 18.3. The van der Waals surface area contributed by atoms with Crippen molar-refractivity contribution in [3.63, 3.8) is 0 Å². The van der Waals surface area contributed by atoms with Crippen LogP contribution in [0.5, 0.6) is 11.5 Å². The number of carbonyl (C=O) groups excluding carboxylic acids is 4. The number of nitrogens with one attached hydrogen (secondary N) is 1. The molecule has 3 aromatic carbocycles. The van der Waals surface area contributed by atoms with Gasteiger partial charge in [0.1, 0.15) is 35.4 Å². The van der Waals surface area contributed by atoms with E-state index in [1.165, 1.54) is 45.1 Å². The molecule has 1 spiro atoms. The number of amides is 4. The number of nitrogens with zero attached hydrogens (tertiary/aromatic N) is 8. The summed E-state index contributed by atoms with van der Waals surface area (Å²) in [6, 6.07) is 23.0. The summed E-state index contributed by atoms with van der Waals surface area (Å²) in [5.41, 5.74) is 11.0. The van der Waals surface area contributed by atoms with Crippen molar-refractivity contribution in [1.29, 1.82) is 0 Å². The zero-order valence-electron chi connectivity index (χ0n) is 34.6. The van der Waals surface area contributed by atoms with Crippen molar-refractivity contribution in [2.24, 2.45) is 11.3 Å². The Kier molecular flexibility index (Phi) is 9.56. The Bertz CT molecular complexity index is 2570. The molecular formula is C47H50N10O5. The van der Waals surface area contributed by atoms with Crippen molar-refractivity contribution in [3.05, 3.63) is 90.3 Å². The highest BCUT2D eigenvalue weighted by Gasteiger charge is 2.48. The monoisotopic (exact) mass is 834 g/mol. The molecule has 0 bridgehead atoms. The minimum Gasteiger partial charge on any atom is -0.457 e. The van der Waals surface area contributed by atoms with Gasteiger partial charge >= 0.3 is 0 Å². The van der Waals surface area contributed by atoms with Crippen LogP contribution in [0.4, 0.5) is 11.5 Å². The summed E-state index contributed by atoms with van der Waals surface area (Å²) in [5, 5.41) is 8.21. The van der Waals surface area contributed by atoms with Crippen molar-refractivity contribution in [2.45, 2.75) is 69.5 Å². The quantitative estimate of drug-likeness (QED) is 0.184. The largest absolute Gasteiger partial charge is 0.457 e. The molecule has 318 valence electrons. The van der Waals surface area contributed by atoms with Gasteiger partial charge in [0, 0.05) is 75.4 Å². The molecule has 3 N–H and O–H groups in total. The van der Waals surface area contributed by atoms with E-state index in [1.807, 2.05) is 60.7 Å². The van der Waals surface area contributed by atoms with E-state index in [1.54, 1.807) is 12.1 Å². The number of benzene rings is 3. The first-order valence-electron chi connectivity index (χ1n) is 22.1. The molecule has 0 unspecified atom stereocenters. The lowest BCUT2D eigenvalue weighted by atomic mass is 9.67. The molecule has 62 heavy (non-hydrogen) atoms. The summed E-state index contributed by atoms with van der Waals surface area (Å²) in [5.74, 6) is 0.637. The van der Waals surface area contributed by atoms with Gasteiger partial charge in [-0.3, -0.25) is 29.4 Å². The van der Waals surface area contributed by atoms with E-state index in [0.717, 1.165) is 89.9 Å². The van der Waals surface area contributed by atoms with Crippen molar-refractivity contribution in [3.8, 4) is 22.8 Å². The molecule has 1 atom stereocenters. The molecule has 15 heteroatoms. The number of anilines is 2. The molecule has 4 amide bonds. The van der Waals surface area contributed by atoms with Crippen LogP contribution in [0.1, 0.15) is 78.1 Å². The van der Waals surface area contributed by atoms with E-state index < -0.39 is 23.8 Å². The number of para-hydroxylation sites is 1. The average molecular weight is 835 g/mol. The van der Waals surface area contributed by atoms with Crippen LogP contribution >= 0.6 is 0 Å². The number of likely N-dealkylation sites (tertiary alicyclic amines) is 2. The Hall–Kier alpha value is -6.19. The molecule has 1 aliphatic carbocycles. The number of aromatic nitrogens is 4. The Labute approximate surface area is 359 Å². The first-order valence-corrected chi connectivity index (χ1v) is 22.1. The molecule has 6 aliphatic rings. The number of rotatable bonds is 9. The van der Waals surface area contributed by atoms with Gasteiger partial charge in [-0.25, -0.2) is 14.6 Å². The number of hydrogen-bond acceptors (Lipinski definition) is 12.